The maximum absolute atomic E-state index is 12.0. The highest BCUT2D eigenvalue weighted by molar-refractivity contribution is 7.99. The van der Waals surface area contributed by atoms with Crippen LogP contribution in [0.3, 0.4) is 0 Å². The second kappa shape index (κ2) is 8.18. The zero-order chi connectivity index (χ0) is 17.6. The number of carbonyl (C=O) groups excluding carboxylic acids is 1. The number of anilines is 1. The van der Waals surface area contributed by atoms with Crippen molar-refractivity contribution in [3.8, 4) is 0 Å². The molecule has 0 aliphatic carbocycles. The molecule has 0 saturated heterocycles. The number of thioether (sulfide) groups is 1. The maximum atomic E-state index is 12.0. The first-order chi connectivity index (χ1) is 12.1. The van der Waals surface area contributed by atoms with Gasteiger partial charge in [0.1, 0.15) is 5.82 Å². The SMILES string of the molecule is Cn1c(Cc2ccc(Cl)cc2)nnc1SCC(=O)Nc1ccccc1. The molecule has 0 radical (unpaired) electrons. The van der Waals surface area contributed by atoms with E-state index in [4.69, 9.17) is 11.6 Å². The minimum Gasteiger partial charge on any atom is -0.325 e. The molecule has 0 bridgehead atoms. The molecule has 5 nitrogen and oxygen atoms in total. The molecular formula is C18H17ClN4OS. The second-order valence-corrected chi connectivity index (χ2v) is 6.84. The van der Waals surface area contributed by atoms with Gasteiger partial charge in [-0.1, -0.05) is 53.7 Å². The van der Waals surface area contributed by atoms with Crippen LogP contribution >= 0.6 is 23.4 Å². The van der Waals surface area contributed by atoms with Gasteiger partial charge in [-0.2, -0.15) is 0 Å². The van der Waals surface area contributed by atoms with Crippen LogP contribution in [0.4, 0.5) is 5.69 Å². The van der Waals surface area contributed by atoms with Crippen LogP contribution in [-0.4, -0.2) is 26.4 Å². The standard InChI is InChI=1S/C18H17ClN4OS/c1-23-16(11-13-7-9-14(19)10-8-13)21-22-18(23)25-12-17(24)20-15-5-3-2-4-6-15/h2-10H,11-12H2,1H3,(H,20,24). The van der Waals surface area contributed by atoms with Gasteiger partial charge in [0.15, 0.2) is 5.16 Å². The molecular weight excluding hydrogens is 356 g/mol. The lowest BCUT2D eigenvalue weighted by atomic mass is 10.1. The summed E-state index contributed by atoms with van der Waals surface area (Å²) in [5, 5.41) is 12.7. The van der Waals surface area contributed by atoms with E-state index in [1.165, 1.54) is 11.8 Å². The van der Waals surface area contributed by atoms with E-state index < -0.39 is 0 Å². The number of carbonyl (C=O) groups is 1. The van der Waals surface area contributed by atoms with Gasteiger partial charge in [-0.05, 0) is 29.8 Å². The minimum atomic E-state index is -0.0709. The normalized spacial score (nSPS) is 10.6. The molecule has 0 unspecified atom stereocenters. The minimum absolute atomic E-state index is 0.0709. The molecule has 1 N–H and O–H groups in total. The Labute approximate surface area is 155 Å². The number of amides is 1. The van der Waals surface area contributed by atoms with Gasteiger partial charge in [-0.3, -0.25) is 4.79 Å². The first-order valence-corrected chi connectivity index (χ1v) is 9.08. The summed E-state index contributed by atoms with van der Waals surface area (Å²) >= 11 is 7.27. The molecule has 0 spiro atoms. The predicted molar refractivity (Wildman–Crippen MR) is 101 cm³/mol. The topological polar surface area (TPSA) is 59.8 Å². The maximum Gasteiger partial charge on any atom is 0.234 e. The van der Waals surface area contributed by atoms with Gasteiger partial charge in [-0.15, -0.1) is 10.2 Å². The molecule has 3 rings (SSSR count). The Morgan fingerprint density at radius 3 is 2.56 bits per heavy atom. The highest BCUT2D eigenvalue weighted by Gasteiger charge is 2.12. The molecule has 25 heavy (non-hydrogen) atoms. The molecule has 0 atom stereocenters. The third kappa shape index (κ3) is 4.84. The molecule has 128 valence electrons. The van der Waals surface area contributed by atoms with E-state index in [-0.39, 0.29) is 11.7 Å². The Morgan fingerprint density at radius 2 is 1.84 bits per heavy atom. The van der Waals surface area contributed by atoms with E-state index >= 15 is 0 Å². The summed E-state index contributed by atoms with van der Waals surface area (Å²) in [7, 11) is 1.91. The Balaban J connectivity index is 1.57. The van der Waals surface area contributed by atoms with Gasteiger partial charge in [0.25, 0.3) is 0 Å². The second-order valence-electron chi connectivity index (χ2n) is 5.46. The average molecular weight is 373 g/mol. The first kappa shape index (κ1) is 17.5. The van der Waals surface area contributed by atoms with E-state index in [1.807, 2.05) is 66.2 Å². The summed E-state index contributed by atoms with van der Waals surface area (Å²) in [4.78, 5) is 12.0. The van der Waals surface area contributed by atoms with Gasteiger partial charge in [0, 0.05) is 24.2 Å². The lowest BCUT2D eigenvalue weighted by molar-refractivity contribution is -0.113. The number of nitrogens with zero attached hydrogens (tertiary/aromatic N) is 3. The van der Waals surface area contributed by atoms with Gasteiger partial charge in [0.05, 0.1) is 5.75 Å². The van der Waals surface area contributed by atoms with Crippen molar-refractivity contribution in [3.63, 3.8) is 0 Å². The van der Waals surface area contributed by atoms with E-state index in [9.17, 15) is 4.79 Å². The quantitative estimate of drug-likeness (QED) is 0.669. The lowest BCUT2D eigenvalue weighted by Crippen LogP contribution is -2.14. The molecule has 1 amide bonds. The number of hydrogen-bond acceptors (Lipinski definition) is 4. The number of para-hydroxylation sites is 1. The van der Waals surface area contributed by atoms with Crippen LogP contribution in [-0.2, 0) is 18.3 Å². The van der Waals surface area contributed by atoms with Crippen molar-refractivity contribution >= 4 is 35.0 Å². The Hall–Kier alpha value is -2.31. The number of aromatic nitrogens is 3. The van der Waals surface area contributed by atoms with Gasteiger partial charge in [-0.25, -0.2) is 0 Å². The van der Waals surface area contributed by atoms with E-state index in [2.05, 4.69) is 15.5 Å². The van der Waals surface area contributed by atoms with E-state index in [1.54, 1.807) is 0 Å². The smallest absolute Gasteiger partial charge is 0.234 e. The van der Waals surface area contributed by atoms with Gasteiger partial charge >= 0.3 is 0 Å². The van der Waals surface area contributed by atoms with Crippen molar-refractivity contribution in [1.29, 1.82) is 0 Å². The van der Waals surface area contributed by atoms with Crippen molar-refractivity contribution in [1.82, 2.24) is 14.8 Å². The Kier molecular flexibility index (Phi) is 5.73. The zero-order valence-electron chi connectivity index (χ0n) is 13.6. The fourth-order valence-corrected chi connectivity index (χ4v) is 3.11. The number of halogens is 1. The summed E-state index contributed by atoms with van der Waals surface area (Å²) < 4.78 is 1.91. The monoisotopic (exact) mass is 372 g/mol. The fourth-order valence-electron chi connectivity index (χ4n) is 2.26. The third-order valence-electron chi connectivity index (χ3n) is 3.59. The summed E-state index contributed by atoms with van der Waals surface area (Å²) in [6, 6.07) is 17.0. The van der Waals surface area contributed by atoms with Crippen LogP contribution in [0, 0.1) is 0 Å². The van der Waals surface area contributed by atoms with Crippen LogP contribution in [0.5, 0.6) is 0 Å². The largest absolute Gasteiger partial charge is 0.325 e. The molecule has 0 aliphatic rings. The van der Waals surface area contributed by atoms with Crippen LogP contribution < -0.4 is 5.32 Å². The van der Waals surface area contributed by atoms with E-state index in [0.717, 1.165) is 17.1 Å². The number of nitrogens with one attached hydrogen (secondary N) is 1. The summed E-state index contributed by atoms with van der Waals surface area (Å²) in [5.41, 5.74) is 1.90. The van der Waals surface area contributed by atoms with Crippen molar-refractivity contribution < 1.29 is 4.79 Å². The third-order valence-corrected chi connectivity index (χ3v) is 4.86. The number of hydrogen-bond donors (Lipinski definition) is 1. The molecule has 7 heteroatoms. The highest BCUT2D eigenvalue weighted by Crippen LogP contribution is 2.18. The summed E-state index contributed by atoms with van der Waals surface area (Å²) in [5.74, 6) is 1.05. The molecule has 2 aromatic carbocycles. The molecule has 1 heterocycles. The van der Waals surface area contributed by atoms with E-state index in [0.29, 0.717) is 16.6 Å². The zero-order valence-corrected chi connectivity index (χ0v) is 15.2. The van der Waals surface area contributed by atoms with Crippen molar-refractivity contribution in [2.24, 2.45) is 7.05 Å². The summed E-state index contributed by atoms with van der Waals surface area (Å²) in [6.07, 6.45) is 0.664. The van der Waals surface area contributed by atoms with Crippen molar-refractivity contribution in [2.75, 3.05) is 11.1 Å². The molecule has 0 aliphatic heterocycles. The lowest BCUT2D eigenvalue weighted by Gasteiger charge is -2.05. The first-order valence-electron chi connectivity index (χ1n) is 7.72. The fraction of sp³-hybridized carbons (Fsp3) is 0.167. The predicted octanol–water partition coefficient (Wildman–Crippen LogP) is 3.79. The van der Waals surface area contributed by atoms with Crippen LogP contribution in [0.1, 0.15) is 11.4 Å². The van der Waals surface area contributed by atoms with Crippen LogP contribution in [0.15, 0.2) is 59.8 Å². The average Bonchev–Trinajstić information content (AvgIpc) is 2.96. The Morgan fingerprint density at radius 1 is 1.12 bits per heavy atom. The summed E-state index contributed by atoms with van der Waals surface area (Å²) in [6.45, 7) is 0. The molecule has 0 saturated carbocycles. The Bertz CT molecular complexity index is 849. The van der Waals surface area contributed by atoms with Crippen molar-refractivity contribution in [3.05, 3.63) is 71.0 Å². The van der Waals surface area contributed by atoms with Gasteiger partial charge < -0.3 is 9.88 Å². The molecule has 1 aromatic heterocycles. The van der Waals surface area contributed by atoms with Gasteiger partial charge in [0.2, 0.25) is 5.91 Å². The number of benzene rings is 2. The highest BCUT2D eigenvalue weighted by atomic mass is 35.5. The van der Waals surface area contributed by atoms with Crippen LogP contribution in [0.2, 0.25) is 5.02 Å². The van der Waals surface area contributed by atoms with Crippen molar-refractivity contribution in [2.45, 2.75) is 11.6 Å². The van der Waals surface area contributed by atoms with Crippen LogP contribution in [0.25, 0.3) is 0 Å². The molecule has 0 fully saturated rings. The molecule has 3 aromatic rings. The number of rotatable bonds is 6.